The van der Waals surface area contributed by atoms with Crippen molar-refractivity contribution >= 4 is 29.1 Å². The first-order valence-corrected chi connectivity index (χ1v) is 6.57. The molecule has 5 nitrogen and oxygen atoms in total. The Morgan fingerprint density at radius 3 is 2.30 bits per heavy atom. The first-order valence-electron chi connectivity index (χ1n) is 5.34. The van der Waals surface area contributed by atoms with Crippen molar-refractivity contribution in [2.75, 3.05) is 17.0 Å². The molecule has 1 aromatic carbocycles. The fraction of sp³-hybridized carbons (Fsp3) is 0.0909. The second kappa shape index (κ2) is 5.97. The van der Waals surface area contributed by atoms with Gasteiger partial charge >= 0.3 is 0 Å². The highest BCUT2D eigenvalue weighted by atomic mass is 32.2. The lowest BCUT2D eigenvalue weighted by atomic mass is 10.3. The molecule has 0 bridgehead atoms. The van der Waals surface area contributed by atoms with Crippen LogP contribution in [0.5, 0.6) is 0 Å². The van der Waals surface area contributed by atoms with Crippen LogP contribution in [0.4, 0.5) is 30.5 Å². The highest BCUT2D eigenvalue weighted by molar-refractivity contribution is 7.98. The van der Waals surface area contributed by atoms with E-state index in [0.717, 1.165) is 0 Å². The van der Waals surface area contributed by atoms with Gasteiger partial charge in [-0.3, -0.25) is 0 Å². The topological polar surface area (TPSA) is 75.9 Å². The number of nitrogens with two attached hydrogens (primary N) is 1. The molecule has 1 heterocycles. The monoisotopic (exact) mass is 301 g/mol. The number of thioether (sulfide) groups is 1. The number of nitrogens with zero attached hydrogens (tertiary/aromatic N) is 2. The molecule has 0 fully saturated rings. The minimum Gasteiger partial charge on any atom is -0.338 e. The predicted octanol–water partition coefficient (Wildman–Crippen LogP) is 2.65. The Kier molecular flexibility index (Phi) is 4.30. The van der Waals surface area contributed by atoms with Gasteiger partial charge in [-0.25, -0.2) is 29.0 Å². The maximum Gasteiger partial charge on any atom is 0.191 e. The second-order valence-corrected chi connectivity index (χ2v) is 4.41. The van der Waals surface area contributed by atoms with E-state index in [4.69, 9.17) is 5.84 Å². The van der Waals surface area contributed by atoms with Crippen molar-refractivity contribution in [3.8, 4) is 0 Å². The first-order chi connectivity index (χ1) is 9.53. The molecule has 2 rings (SSSR count). The lowest BCUT2D eigenvalue weighted by molar-refractivity contribution is 0.496. The number of nitrogens with one attached hydrogen (secondary N) is 2. The Morgan fingerprint density at radius 1 is 1.00 bits per heavy atom. The molecule has 0 spiro atoms. The summed E-state index contributed by atoms with van der Waals surface area (Å²) < 4.78 is 39.5. The van der Waals surface area contributed by atoms with E-state index in [1.54, 1.807) is 6.26 Å². The second-order valence-electron chi connectivity index (χ2n) is 3.64. The van der Waals surface area contributed by atoms with Crippen molar-refractivity contribution in [2.24, 2.45) is 5.84 Å². The normalized spacial score (nSPS) is 10.4. The van der Waals surface area contributed by atoms with Crippen molar-refractivity contribution in [3.05, 3.63) is 35.7 Å². The van der Waals surface area contributed by atoms with Gasteiger partial charge in [-0.1, -0.05) is 11.8 Å². The lowest BCUT2D eigenvalue weighted by Gasteiger charge is -2.10. The van der Waals surface area contributed by atoms with Gasteiger partial charge in [-0.05, 0) is 6.26 Å². The van der Waals surface area contributed by atoms with E-state index in [0.29, 0.717) is 23.1 Å². The number of halogens is 3. The molecule has 0 atom stereocenters. The van der Waals surface area contributed by atoms with Gasteiger partial charge in [0.2, 0.25) is 0 Å². The zero-order chi connectivity index (χ0) is 14.7. The number of aromatic nitrogens is 2. The van der Waals surface area contributed by atoms with Gasteiger partial charge in [0, 0.05) is 18.2 Å². The third-order valence-corrected chi connectivity index (χ3v) is 2.86. The van der Waals surface area contributed by atoms with Crippen LogP contribution in [-0.4, -0.2) is 16.2 Å². The molecule has 0 radical (unpaired) electrons. The standard InChI is InChI=1S/C11H10F3N5S/c1-20-11-17-9(4-10(18-11)19-15)16-8-3-6(13)5(12)2-7(8)14/h2-4H,15H2,1H3,(H2,16,17,18,19). The van der Waals surface area contributed by atoms with Gasteiger partial charge in [0.1, 0.15) is 17.5 Å². The minimum absolute atomic E-state index is 0.196. The predicted molar refractivity (Wildman–Crippen MR) is 71.2 cm³/mol. The van der Waals surface area contributed by atoms with Crippen LogP contribution in [0.2, 0.25) is 0 Å². The minimum atomic E-state index is -1.26. The fourth-order valence-corrected chi connectivity index (χ4v) is 1.79. The van der Waals surface area contributed by atoms with E-state index in [1.807, 2.05) is 0 Å². The van der Waals surface area contributed by atoms with E-state index in [2.05, 4.69) is 20.7 Å². The van der Waals surface area contributed by atoms with Crippen LogP contribution in [0.3, 0.4) is 0 Å². The van der Waals surface area contributed by atoms with Crippen molar-refractivity contribution in [3.63, 3.8) is 0 Å². The van der Waals surface area contributed by atoms with Crippen molar-refractivity contribution in [1.82, 2.24) is 9.97 Å². The Hall–Kier alpha value is -2.00. The van der Waals surface area contributed by atoms with Crippen LogP contribution >= 0.6 is 11.8 Å². The van der Waals surface area contributed by atoms with Crippen LogP contribution in [0.25, 0.3) is 0 Å². The first kappa shape index (κ1) is 14.4. The quantitative estimate of drug-likeness (QED) is 0.265. The molecular weight excluding hydrogens is 291 g/mol. The molecule has 0 saturated carbocycles. The molecule has 0 aliphatic rings. The molecule has 20 heavy (non-hydrogen) atoms. The maximum absolute atomic E-state index is 13.5. The summed E-state index contributed by atoms with van der Waals surface area (Å²) in [5.74, 6) is 2.39. The van der Waals surface area contributed by atoms with Gasteiger partial charge in [0.05, 0.1) is 5.69 Å². The van der Waals surface area contributed by atoms with Crippen LogP contribution in [0.1, 0.15) is 0 Å². The summed E-state index contributed by atoms with van der Waals surface area (Å²) in [5, 5.41) is 2.93. The third-order valence-electron chi connectivity index (χ3n) is 2.31. The number of hydrazine groups is 1. The van der Waals surface area contributed by atoms with Crippen LogP contribution < -0.4 is 16.6 Å². The molecule has 2 aromatic rings. The summed E-state index contributed by atoms with van der Waals surface area (Å²) in [6.45, 7) is 0. The van der Waals surface area contributed by atoms with Gasteiger partial charge in [0.25, 0.3) is 0 Å². The Bertz CT molecular complexity index is 615. The van der Waals surface area contributed by atoms with E-state index >= 15 is 0 Å². The molecule has 0 aliphatic carbocycles. The highest BCUT2D eigenvalue weighted by Gasteiger charge is 2.11. The average molecular weight is 301 g/mol. The molecule has 0 aliphatic heterocycles. The molecule has 4 N–H and O–H groups in total. The SMILES string of the molecule is CSc1nc(NN)cc(Nc2cc(F)c(F)cc2F)n1. The molecule has 0 saturated heterocycles. The number of hydrogen-bond donors (Lipinski definition) is 3. The molecule has 0 unspecified atom stereocenters. The number of rotatable bonds is 4. The Morgan fingerprint density at radius 2 is 1.65 bits per heavy atom. The molecule has 0 amide bonds. The van der Waals surface area contributed by atoms with Crippen LogP contribution in [-0.2, 0) is 0 Å². The number of benzene rings is 1. The third kappa shape index (κ3) is 3.11. The smallest absolute Gasteiger partial charge is 0.191 e. The van der Waals surface area contributed by atoms with Crippen molar-refractivity contribution in [2.45, 2.75) is 5.16 Å². The van der Waals surface area contributed by atoms with Crippen LogP contribution in [0.15, 0.2) is 23.4 Å². The summed E-state index contributed by atoms with van der Waals surface area (Å²) in [6, 6.07) is 2.57. The fourth-order valence-electron chi connectivity index (χ4n) is 1.41. The zero-order valence-electron chi connectivity index (χ0n) is 10.2. The van der Waals surface area contributed by atoms with E-state index < -0.39 is 17.5 Å². The van der Waals surface area contributed by atoms with Gasteiger partial charge < -0.3 is 10.7 Å². The van der Waals surface area contributed by atoms with E-state index in [1.165, 1.54) is 17.8 Å². The van der Waals surface area contributed by atoms with Crippen LogP contribution in [0, 0.1) is 17.5 Å². The van der Waals surface area contributed by atoms with Crippen molar-refractivity contribution in [1.29, 1.82) is 0 Å². The van der Waals surface area contributed by atoms with E-state index in [-0.39, 0.29) is 11.5 Å². The van der Waals surface area contributed by atoms with E-state index in [9.17, 15) is 13.2 Å². The molecule has 9 heteroatoms. The summed E-state index contributed by atoms with van der Waals surface area (Å²) in [6.07, 6.45) is 1.75. The summed E-state index contributed by atoms with van der Waals surface area (Å²) >= 11 is 1.25. The largest absolute Gasteiger partial charge is 0.338 e. The van der Waals surface area contributed by atoms with Gasteiger partial charge in [-0.15, -0.1) is 0 Å². The molecule has 106 valence electrons. The van der Waals surface area contributed by atoms with Gasteiger partial charge in [-0.2, -0.15) is 0 Å². The number of nitrogen functional groups attached to an aromatic ring is 1. The van der Waals surface area contributed by atoms with Crippen molar-refractivity contribution < 1.29 is 13.2 Å². The lowest BCUT2D eigenvalue weighted by Crippen LogP contribution is -2.10. The maximum atomic E-state index is 13.5. The summed E-state index contributed by atoms with van der Waals surface area (Å²) in [5.41, 5.74) is 2.09. The number of hydrogen-bond acceptors (Lipinski definition) is 6. The molecular formula is C11H10F3N5S. The Balaban J connectivity index is 2.36. The summed E-state index contributed by atoms with van der Waals surface area (Å²) in [7, 11) is 0. The Labute approximate surface area is 116 Å². The zero-order valence-corrected chi connectivity index (χ0v) is 11.1. The van der Waals surface area contributed by atoms with Gasteiger partial charge in [0.15, 0.2) is 16.8 Å². The molecule has 1 aromatic heterocycles. The summed E-state index contributed by atoms with van der Waals surface area (Å²) in [4.78, 5) is 8.06. The number of anilines is 3. The average Bonchev–Trinajstić information content (AvgIpc) is 2.44. The highest BCUT2D eigenvalue weighted by Crippen LogP contribution is 2.24.